The molecule has 0 aromatic rings. The van der Waals surface area contributed by atoms with Crippen LogP contribution in [0.5, 0.6) is 0 Å². The SMILES string of the molecule is COCCCN=C(NN)NC(C)CC(C)C. The van der Waals surface area contributed by atoms with Crippen LogP contribution in [-0.4, -0.2) is 32.3 Å². The molecule has 16 heavy (non-hydrogen) atoms. The van der Waals surface area contributed by atoms with E-state index in [1.54, 1.807) is 7.11 Å². The summed E-state index contributed by atoms with van der Waals surface area (Å²) in [6.45, 7) is 7.96. The molecule has 0 aliphatic carbocycles. The van der Waals surface area contributed by atoms with Crippen molar-refractivity contribution in [3.05, 3.63) is 0 Å². The highest BCUT2D eigenvalue weighted by molar-refractivity contribution is 5.79. The summed E-state index contributed by atoms with van der Waals surface area (Å²) in [5.74, 6) is 6.71. The van der Waals surface area contributed by atoms with E-state index in [2.05, 4.69) is 36.5 Å². The number of hydrazine groups is 1. The molecule has 0 heterocycles. The van der Waals surface area contributed by atoms with Gasteiger partial charge >= 0.3 is 0 Å². The molecule has 96 valence electrons. The molecule has 0 aliphatic rings. The Morgan fingerprint density at radius 2 is 2.06 bits per heavy atom. The molecule has 4 N–H and O–H groups in total. The fraction of sp³-hybridized carbons (Fsp3) is 0.909. The van der Waals surface area contributed by atoms with Crippen LogP contribution in [0.2, 0.25) is 0 Å². The van der Waals surface area contributed by atoms with Crippen LogP contribution < -0.4 is 16.6 Å². The van der Waals surface area contributed by atoms with Crippen molar-refractivity contribution >= 4 is 5.96 Å². The summed E-state index contributed by atoms with van der Waals surface area (Å²) >= 11 is 0. The van der Waals surface area contributed by atoms with E-state index in [1.807, 2.05) is 0 Å². The smallest absolute Gasteiger partial charge is 0.205 e. The third-order valence-corrected chi connectivity index (χ3v) is 2.12. The molecule has 0 saturated carbocycles. The molecule has 0 aliphatic heterocycles. The van der Waals surface area contributed by atoms with Crippen LogP contribution in [0.3, 0.4) is 0 Å². The molecule has 0 aromatic carbocycles. The maximum atomic E-state index is 5.39. The van der Waals surface area contributed by atoms with Gasteiger partial charge in [-0.1, -0.05) is 13.8 Å². The molecule has 0 saturated heterocycles. The number of ether oxygens (including phenoxy) is 1. The van der Waals surface area contributed by atoms with Crippen molar-refractivity contribution in [1.29, 1.82) is 0 Å². The summed E-state index contributed by atoms with van der Waals surface area (Å²) in [7, 11) is 1.69. The van der Waals surface area contributed by atoms with Gasteiger partial charge in [-0.15, -0.1) is 0 Å². The lowest BCUT2D eigenvalue weighted by molar-refractivity contribution is 0.197. The van der Waals surface area contributed by atoms with E-state index in [-0.39, 0.29) is 0 Å². The Kier molecular flexibility index (Phi) is 8.94. The minimum atomic E-state index is 0.372. The van der Waals surface area contributed by atoms with Crippen molar-refractivity contribution < 1.29 is 4.74 Å². The molecule has 0 spiro atoms. The molecule has 0 amide bonds. The number of hydrogen-bond donors (Lipinski definition) is 3. The summed E-state index contributed by atoms with van der Waals surface area (Å²) in [6, 6.07) is 0.372. The summed E-state index contributed by atoms with van der Waals surface area (Å²) in [4.78, 5) is 4.32. The van der Waals surface area contributed by atoms with E-state index in [1.165, 1.54) is 0 Å². The van der Waals surface area contributed by atoms with E-state index < -0.39 is 0 Å². The fourth-order valence-corrected chi connectivity index (χ4v) is 1.53. The van der Waals surface area contributed by atoms with E-state index in [9.17, 15) is 0 Å². The molecular formula is C11H26N4O. The fourth-order valence-electron chi connectivity index (χ4n) is 1.53. The molecule has 1 atom stereocenters. The Morgan fingerprint density at radius 1 is 1.38 bits per heavy atom. The summed E-state index contributed by atoms with van der Waals surface area (Å²) < 4.78 is 4.95. The first kappa shape index (κ1) is 15.2. The molecule has 0 bridgehead atoms. The number of guanidine groups is 1. The Labute approximate surface area is 98.8 Å². The van der Waals surface area contributed by atoms with Gasteiger partial charge in [0, 0.05) is 26.3 Å². The van der Waals surface area contributed by atoms with Gasteiger partial charge in [-0.2, -0.15) is 0 Å². The summed E-state index contributed by atoms with van der Waals surface area (Å²) in [6.07, 6.45) is 2.00. The lowest BCUT2D eigenvalue weighted by Gasteiger charge is -2.18. The maximum Gasteiger partial charge on any atom is 0.205 e. The van der Waals surface area contributed by atoms with Crippen molar-refractivity contribution in [2.24, 2.45) is 16.8 Å². The molecule has 5 nitrogen and oxygen atoms in total. The van der Waals surface area contributed by atoms with Gasteiger partial charge in [-0.3, -0.25) is 10.4 Å². The molecule has 0 aromatic heterocycles. The average Bonchev–Trinajstić information content (AvgIpc) is 2.21. The Morgan fingerprint density at radius 3 is 2.56 bits per heavy atom. The monoisotopic (exact) mass is 230 g/mol. The topological polar surface area (TPSA) is 71.7 Å². The standard InChI is InChI=1S/C11H26N4O/c1-9(2)8-10(3)14-11(15-12)13-6-5-7-16-4/h9-10H,5-8,12H2,1-4H3,(H2,13,14,15). The van der Waals surface area contributed by atoms with Crippen LogP contribution in [0, 0.1) is 5.92 Å². The number of aliphatic imine (C=N–C) groups is 1. The third-order valence-electron chi connectivity index (χ3n) is 2.12. The van der Waals surface area contributed by atoms with E-state index in [0.29, 0.717) is 17.9 Å². The van der Waals surface area contributed by atoms with Crippen molar-refractivity contribution in [1.82, 2.24) is 10.7 Å². The summed E-state index contributed by atoms with van der Waals surface area (Å²) in [5, 5.41) is 3.25. The highest BCUT2D eigenvalue weighted by Crippen LogP contribution is 2.03. The number of rotatable bonds is 7. The Balaban J connectivity index is 3.88. The van der Waals surface area contributed by atoms with Crippen LogP contribution in [0.4, 0.5) is 0 Å². The van der Waals surface area contributed by atoms with Crippen molar-refractivity contribution in [2.45, 2.75) is 39.7 Å². The van der Waals surface area contributed by atoms with Crippen molar-refractivity contribution in [2.75, 3.05) is 20.3 Å². The van der Waals surface area contributed by atoms with E-state index in [0.717, 1.165) is 26.0 Å². The van der Waals surface area contributed by atoms with Gasteiger partial charge in [0.2, 0.25) is 5.96 Å². The first-order valence-corrected chi connectivity index (χ1v) is 5.86. The van der Waals surface area contributed by atoms with Crippen LogP contribution in [0.1, 0.15) is 33.6 Å². The zero-order valence-corrected chi connectivity index (χ0v) is 10.9. The second-order valence-electron chi connectivity index (χ2n) is 4.40. The number of nitrogens with zero attached hydrogens (tertiary/aromatic N) is 1. The van der Waals surface area contributed by atoms with Crippen LogP contribution >= 0.6 is 0 Å². The van der Waals surface area contributed by atoms with Crippen molar-refractivity contribution in [3.8, 4) is 0 Å². The average molecular weight is 230 g/mol. The minimum Gasteiger partial charge on any atom is -0.385 e. The molecule has 1 unspecified atom stereocenters. The lowest BCUT2D eigenvalue weighted by Crippen LogP contribution is -2.46. The second kappa shape index (κ2) is 9.42. The number of hydrogen-bond acceptors (Lipinski definition) is 3. The Hall–Kier alpha value is -0.810. The van der Waals surface area contributed by atoms with Crippen LogP contribution in [-0.2, 0) is 4.74 Å². The minimum absolute atomic E-state index is 0.372. The van der Waals surface area contributed by atoms with Gasteiger partial charge in [-0.25, -0.2) is 5.84 Å². The summed E-state index contributed by atoms with van der Waals surface area (Å²) in [5.41, 5.74) is 2.58. The first-order chi connectivity index (χ1) is 7.60. The highest BCUT2D eigenvalue weighted by atomic mass is 16.5. The third kappa shape index (κ3) is 8.49. The maximum absolute atomic E-state index is 5.39. The largest absolute Gasteiger partial charge is 0.385 e. The number of nitrogens with two attached hydrogens (primary N) is 1. The quantitative estimate of drug-likeness (QED) is 0.199. The zero-order valence-electron chi connectivity index (χ0n) is 10.9. The van der Waals surface area contributed by atoms with Gasteiger partial charge < -0.3 is 10.1 Å². The van der Waals surface area contributed by atoms with Gasteiger partial charge in [0.1, 0.15) is 0 Å². The van der Waals surface area contributed by atoms with Gasteiger partial charge in [-0.05, 0) is 25.7 Å². The van der Waals surface area contributed by atoms with Crippen molar-refractivity contribution in [3.63, 3.8) is 0 Å². The lowest BCUT2D eigenvalue weighted by atomic mass is 10.1. The molecule has 5 heteroatoms. The predicted molar refractivity (Wildman–Crippen MR) is 68.2 cm³/mol. The normalized spacial score (nSPS) is 14.0. The first-order valence-electron chi connectivity index (χ1n) is 5.86. The van der Waals surface area contributed by atoms with Gasteiger partial charge in [0.25, 0.3) is 0 Å². The highest BCUT2D eigenvalue weighted by Gasteiger charge is 2.06. The van der Waals surface area contributed by atoms with E-state index in [4.69, 9.17) is 10.6 Å². The number of methoxy groups -OCH3 is 1. The van der Waals surface area contributed by atoms with Gasteiger partial charge in [0.15, 0.2) is 0 Å². The molecule has 0 fully saturated rings. The van der Waals surface area contributed by atoms with Gasteiger partial charge in [0.05, 0.1) is 0 Å². The molecular weight excluding hydrogens is 204 g/mol. The molecule has 0 radical (unpaired) electrons. The molecule has 0 rings (SSSR count). The van der Waals surface area contributed by atoms with Crippen LogP contribution in [0.25, 0.3) is 0 Å². The Bertz CT molecular complexity index is 194. The number of nitrogens with one attached hydrogen (secondary N) is 2. The zero-order chi connectivity index (χ0) is 12.4. The van der Waals surface area contributed by atoms with Crippen LogP contribution in [0.15, 0.2) is 4.99 Å². The predicted octanol–water partition coefficient (Wildman–Crippen LogP) is 0.866. The second-order valence-corrected chi connectivity index (χ2v) is 4.40. The van der Waals surface area contributed by atoms with E-state index >= 15 is 0 Å².